The third kappa shape index (κ3) is 2.45. The van der Waals surface area contributed by atoms with Gasteiger partial charge in [-0.1, -0.05) is 26.0 Å². The number of hydrogen-bond acceptors (Lipinski definition) is 3. The largest absolute Gasteiger partial charge is 0.399 e. The van der Waals surface area contributed by atoms with Crippen molar-refractivity contribution in [3.8, 4) is 0 Å². The Morgan fingerprint density at radius 1 is 1.33 bits per heavy atom. The van der Waals surface area contributed by atoms with Gasteiger partial charge in [0.25, 0.3) is 0 Å². The van der Waals surface area contributed by atoms with E-state index >= 15 is 0 Å². The number of nitrogen functional groups attached to an aromatic ring is 1. The molecule has 0 aliphatic carbocycles. The van der Waals surface area contributed by atoms with E-state index in [2.05, 4.69) is 18.5 Å². The minimum Gasteiger partial charge on any atom is -0.399 e. The zero-order valence-electron chi connectivity index (χ0n) is 10.9. The van der Waals surface area contributed by atoms with Crippen molar-refractivity contribution in [3.63, 3.8) is 0 Å². The van der Waals surface area contributed by atoms with Crippen LogP contribution in [-0.4, -0.2) is 11.8 Å². The molecule has 1 aliphatic rings. The average molecular weight is 248 g/mol. The summed E-state index contributed by atoms with van der Waals surface area (Å²) in [5.74, 6) is -0.229. The summed E-state index contributed by atoms with van der Waals surface area (Å²) < 4.78 is 0. The average Bonchev–Trinajstić information content (AvgIpc) is 2.41. The van der Waals surface area contributed by atoms with Crippen LogP contribution in [0.5, 0.6) is 0 Å². The Balaban J connectivity index is 0. The lowest BCUT2D eigenvalue weighted by Gasteiger charge is -2.29. The molecule has 0 spiro atoms. The molecule has 0 aromatic heterocycles. The summed E-state index contributed by atoms with van der Waals surface area (Å²) in [6, 6.07) is 5.19. The molecule has 100 valence electrons. The van der Waals surface area contributed by atoms with Gasteiger partial charge in [-0.3, -0.25) is 4.79 Å². The number of nitrogens with one attached hydrogen (secondary N) is 1. The molecule has 1 heterocycles. The highest BCUT2D eigenvalue weighted by atomic mass is 16.1. The summed E-state index contributed by atoms with van der Waals surface area (Å²) in [5.41, 5.74) is 7.70. The number of ketones is 1. The van der Waals surface area contributed by atoms with Crippen LogP contribution in [0.4, 0.5) is 11.4 Å². The molecule has 0 saturated heterocycles. The van der Waals surface area contributed by atoms with Gasteiger partial charge < -0.3 is 11.1 Å². The molecular formula is C15H24N2O. The summed E-state index contributed by atoms with van der Waals surface area (Å²) in [6.07, 6.45) is 3.37. The Morgan fingerprint density at radius 3 is 2.56 bits per heavy atom. The highest BCUT2D eigenvalue weighted by molar-refractivity contribution is 6.06. The lowest BCUT2D eigenvalue weighted by Crippen LogP contribution is -2.36. The molecule has 3 heteroatoms. The first kappa shape index (κ1) is 14.0. The molecule has 2 rings (SSSR count). The molecule has 3 N–H and O–H groups in total. The number of carbonyl (C=O) groups is 1. The Labute approximate surface area is 111 Å². The lowest BCUT2D eigenvalue weighted by atomic mass is 9.86. The van der Waals surface area contributed by atoms with E-state index in [1.807, 2.05) is 19.9 Å². The summed E-state index contributed by atoms with van der Waals surface area (Å²) >= 11 is 0. The van der Waals surface area contributed by atoms with Gasteiger partial charge in [-0.05, 0) is 18.2 Å². The minimum absolute atomic E-state index is 0. The van der Waals surface area contributed by atoms with Crippen molar-refractivity contribution >= 4 is 17.2 Å². The van der Waals surface area contributed by atoms with Crippen LogP contribution < -0.4 is 11.1 Å². The van der Waals surface area contributed by atoms with E-state index in [0.29, 0.717) is 11.3 Å². The van der Waals surface area contributed by atoms with Crippen molar-refractivity contribution in [3.05, 3.63) is 49.1 Å². The minimum atomic E-state index is -0.271. The van der Waals surface area contributed by atoms with Crippen LogP contribution in [-0.2, 0) is 0 Å². The Hall–Kier alpha value is -2.03. The molecule has 0 saturated carbocycles. The van der Waals surface area contributed by atoms with E-state index in [0.717, 1.165) is 5.69 Å². The van der Waals surface area contributed by atoms with Gasteiger partial charge in [0.2, 0.25) is 0 Å². The second-order valence-electron chi connectivity index (χ2n) is 3.84. The van der Waals surface area contributed by atoms with Crippen LogP contribution in [0.3, 0.4) is 0 Å². The molecule has 1 aromatic rings. The van der Waals surface area contributed by atoms with Crippen molar-refractivity contribution in [1.29, 1.82) is 0 Å². The molecule has 2 unspecified atom stereocenters. The maximum atomic E-state index is 12.2. The van der Waals surface area contributed by atoms with Gasteiger partial charge in [0.1, 0.15) is 0 Å². The van der Waals surface area contributed by atoms with E-state index in [9.17, 15) is 4.79 Å². The fourth-order valence-corrected chi connectivity index (χ4v) is 1.96. The molecule has 1 aliphatic heterocycles. The zero-order valence-corrected chi connectivity index (χ0v) is 10.9. The first-order chi connectivity index (χ1) is 8.67. The smallest absolute Gasteiger partial charge is 0.174 e. The SMILES string of the molecule is C=CC1Nc2ccc(N)cc2C(=O)C1C=C.CC.[HH].[HH]. The first-order valence-electron chi connectivity index (χ1n) is 6.12. The normalized spacial score (nSPS) is 20.9. The lowest BCUT2D eigenvalue weighted by molar-refractivity contribution is 0.0937. The first-order valence-corrected chi connectivity index (χ1v) is 6.12. The van der Waals surface area contributed by atoms with Gasteiger partial charge in [0.15, 0.2) is 5.78 Å². The highest BCUT2D eigenvalue weighted by Crippen LogP contribution is 2.30. The third-order valence-corrected chi connectivity index (χ3v) is 2.83. The zero-order chi connectivity index (χ0) is 13.7. The van der Waals surface area contributed by atoms with Crippen LogP contribution in [0.2, 0.25) is 0 Å². The standard InChI is InChI=1S/C13H14N2O.C2H6.2H2/c1-3-9-11(4-2)15-12-6-5-8(14)7-10(12)13(9)16;1-2;;/h3-7,9,11,15H,1-2,14H2;1-2H3;2*1H. The van der Waals surface area contributed by atoms with Crippen molar-refractivity contribution < 1.29 is 7.65 Å². The van der Waals surface area contributed by atoms with Crippen LogP contribution in [0.25, 0.3) is 0 Å². The predicted molar refractivity (Wildman–Crippen MR) is 82.1 cm³/mol. The summed E-state index contributed by atoms with van der Waals surface area (Å²) in [7, 11) is 0. The van der Waals surface area contributed by atoms with Gasteiger partial charge in [-0.25, -0.2) is 0 Å². The topological polar surface area (TPSA) is 55.1 Å². The highest BCUT2D eigenvalue weighted by Gasteiger charge is 2.31. The van der Waals surface area contributed by atoms with Crippen molar-refractivity contribution in [2.45, 2.75) is 19.9 Å². The second kappa shape index (κ2) is 6.05. The van der Waals surface area contributed by atoms with Crippen LogP contribution >= 0.6 is 0 Å². The van der Waals surface area contributed by atoms with E-state index in [1.54, 1.807) is 24.3 Å². The van der Waals surface area contributed by atoms with E-state index < -0.39 is 0 Å². The molecule has 0 bridgehead atoms. The maximum absolute atomic E-state index is 12.2. The fourth-order valence-electron chi connectivity index (χ4n) is 1.96. The quantitative estimate of drug-likeness (QED) is 0.619. The number of hydrogen-bond donors (Lipinski definition) is 2. The molecule has 0 amide bonds. The van der Waals surface area contributed by atoms with E-state index in [-0.39, 0.29) is 20.6 Å². The number of carbonyl (C=O) groups excluding carboxylic acids is 1. The molecule has 2 atom stereocenters. The van der Waals surface area contributed by atoms with Crippen LogP contribution in [0, 0.1) is 5.92 Å². The van der Waals surface area contributed by atoms with Gasteiger partial charge in [-0.2, -0.15) is 0 Å². The molecule has 0 radical (unpaired) electrons. The maximum Gasteiger partial charge on any atom is 0.174 e. The van der Waals surface area contributed by atoms with Gasteiger partial charge in [-0.15, -0.1) is 13.2 Å². The molecule has 18 heavy (non-hydrogen) atoms. The summed E-state index contributed by atoms with van der Waals surface area (Å²) in [5, 5.41) is 3.24. The number of benzene rings is 1. The van der Waals surface area contributed by atoms with Crippen LogP contribution in [0.15, 0.2) is 43.5 Å². The van der Waals surface area contributed by atoms with Crippen LogP contribution in [0.1, 0.15) is 27.1 Å². The van der Waals surface area contributed by atoms with E-state index in [4.69, 9.17) is 5.73 Å². The summed E-state index contributed by atoms with van der Waals surface area (Å²) in [4.78, 5) is 12.2. The van der Waals surface area contributed by atoms with Gasteiger partial charge >= 0.3 is 0 Å². The third-order valence-electron chi connectivity index (χ3n) is 2.83. The van der Waals surface area contributed by atoms with Crippen molar-refractivity contribution in [2.75, 3.05) is 11.1 Å². The van der Waals surface area contributed by atoms with E-state index in [1.165, 1.54) is 0 Å². The number of Topliss-reactive ketones (excluding diaryl/α,β-unsaturated/α-hetero) is 1. The Kier molecular flexibility index (Phi) is 4.72. The molecular weight excluding hydrogens is 224 g/mol. The number of rotatable bonds is 2. The number of anilines is 2. The Bertz CT molecular complexity index is 475. The second-order valence-corrected chi connectivity index (χ2v) is 3.84. The van der Waals surface area contributed by atoms with Gasteiger partial charge in [0.05, 0.1) is 12.0 Å². The number of nitrogens with two attached hydrogens (primary N) is 1. The molecule has 0 fully saturated rings. The Morgan fingerprint density at radius 2 is 2.00 bits per heavy atom. The molecule has 3 nitrogen and oxygen atoms in total. The monoisotopic (exact) mass is 248 g/mol. The molecule has 1 aromatic carbocycles. The predicted octanol–water partition coefficient (Wildman–Crippen LogP) is 3.75. The van der Waals surface area contributed by atoms with Gasteiger partial charge in [0, 0.05) is 19.8 Å². The van der Waals surface area contributed by atoms with Crippen molar-refractivity contribution in [2.24, 2.45) is 5.92 Å². The fraction of sp³-hybridized carbons (Fsp3) is 0.267. The number of fused-ring (bicyclic) bond motifs is 1. The van der Waals surface area contributed by atoms with Crippen molar-refractivity contribution in [1.82, 2.24) is 0 Å². The summed E-state index contributed by atoms with van der Waals surface area (Å²) in [6.45, 7) is 11.4.